The van der Waals surface area contributed by atoms with Crippen molar-refractivity contribution in [2.24, 2.45) is 9.98 Å². The van der Waals surface area contributed by atoms with Crippen LogP contribution in [0, 0.1) is 48.5 Å². The summed E-state index contributed by atoms with van der Waals surface area (Å²) in [4.78, 5) is 14.2. The maximum atomic E-state index is 4.72. The molecule has 0 fully saturated rings. The maximum Gasteiger partial charge on any atom is 3.00 e. The van der Waals surface area contributed by atoms with Gasteiger partial charge in [0.25, 0.3) is 0 Å². The topological polar surface area (TPSA) is 37.6 Å². The smallest absolute Gasteiger partial charge is 1.00 e. The Morgan fingerprint density at radius 2 is 0.788 bits per heavy atom. The molecule has 0 N–H and O–H groups in total. The minimum absolute atomic E-state index is 0. The third kappa shape index (κ3) is 8.88. The van der Waals surface area contributed by atoms with Crippen LogP contribution in [0.1, 0.15) is 50.3 Å². The van der Waals surface area contributed by atoms with Gasteiger partial charge in [-0.25, -0.2) is 4.98 Å². The number of hydrogen-bond acceptors (Lipinski definition) is 3. The quantitative estimate of drug-likeness (QED) is 0.340. The normalized spacial score (nSPS) is 10.3. The average Bonchev–Trinajstić information content (AvgIpc) is 2.59. The fourth-order valence-electron chi connectivity index (χ4n) is 3.87. The van der Waals surface area contributed by atoms with E-state index < -0.39 is 0 Å². The third-order valence-electron chi connectivity index (χ3n) is 4.93. The molecule has 3 aromatic rings. The van der Waals surface area contributed by atoms with E-state index in [4.69, 9.17) is 15.0 Å². The van der Waals surface area contributed by atoms with E-state index in [0.29, 0.717) is 0 Å². The first-order valence-electron chi connectivity index (χ1n) is 9.95. The van der Waals surface area contributed by atoms with Gasteiger partial charge in [0.05, 0.1) is 35.2 Å². The van der Waals surface area contributed by atoms with E-state index in [1.54, 1.807) is 0 Å². The predicted octanol–water partition coefficient (Wildman–Crippen LogP) is -2.25. The van der Waals surface area contributed by atoms with Gasteiger partial charge < -0.3 is 37.2 Å². The third-order valence-corrected chi connectivity index (χ3v) is 4.93. The first kappa shape index (κ1) is 33.5. The zero-order valence-electron chi connectivity index (χ0n) is 19.9. The Bertz CT molecular complexity index is 1010. The Balaban J connectivity index is 0. The van der Waals surface area contributed by atoms with Crippen molar-refractivity contribution in [3.8, 4) is 0 Å². The van der Waals surface area contributed by atoms with Gasteiger partial charge in [-0.3, -0.25) is 9.98 Å². The summed E-state index contributed by atoms with van der Waals surface area (Å²) in [6.45, 7) is 14.7. The van der Waals surface area contributed by atoms with Crippen molar-refractivity contribution < 1.29 is 54.0 Å². The molecule has 178 valence electrons. The second-order valence-corrected chi connectivity index (χ2v) is 8.01. The van der Waals surface area contributed by atoms with E-state index in [-0.39, 0.29) is 54.0 Å². The summed E-state index contributed by atoms with van der Waals surface area (Å²) in [5, 5.41) is 0. The van der Waals surface area contributed by atoms with E-state index in [9.17, 15) is 0 Å². The number of pyridine rings is 1. The molecule has 0 radical (unpaired) electrons. The summed E-state index contributed by atoms with van der Waals surface area (Å²) in [5.41, 5.74) is 12.1. The molecule has 0 aliphatic rings. The van der Waals surface area contributed by atoms with Crippen LogP contribution in [0.25, 0.3) is 0 Å². The number of benzene rings is 2. The predicted molar refractivity (Wildman–Crippen MR) is 125 cm³/mol. The minimum atomic E-state index is 0. The molecular formula is C26H29Cl3CoN3. The number of hydrogen-bond donors (Lipinski definition) is 0. The van der Waals surface area contributed by atoms with Crippen LogP contribution < -0.4 is 37.2 Å². The molecule has 0 aliphatic carbocycles. The van der Waals surface area contributed by atoms with E-state index >= 15 is 0 Å². The van der Waals surface area contributed by atoms with Crippen LogP contribution in [0.2, 0.25) is 0 Å². The van der Waals surface area contributed by atoms with Crippen molar-refractivity contribution in [1.29, 1.82) is 0 Å². The Labute approximate surface area is 227 Å². The number of aliphatic imine (C=N–C) groups is 2. The summed E-state index contributed by atoms with van der Waals surface area (Å²) < 4.78 is 0. The van der Waals surface area contributed by atoms with Crippen LogP contribution in [0.15, 0.2) is 46.4 Å². The van der Waals surface area contributed by atoms with Crippen molar-refractivity contribution in [3.63, 3.8) is 0 Å². The van der Waals surface area contributed by atoms with E-state index in [2.05, 4.69) is 72.7 Å². The summed E-state index contributed by atoms with van der Waals surface area (Å²) in [5.74, 6) is 0. The molecule has 0 bridgehead atoms. The van der Waals surface area contributed by atoms with Crippen molar-refractivity contribution in [2.45, 2.75) is 48.5 Å². The van der Waals surface area contributed by atoms with Crippen LogP contribution in [0.3, 0.4) is 0 Å². The Morgan fingerprint density at radius 3 is 1.09 bits per heavy atom. The number of aromatic nitrogens is 1. The minimum Gasteiger partial charge on any atom is -1.00 e. The van der Waals surface area contributed by atoms with Gasteiger partial charge in [-0.15, -0.1) is 0 Å². The van der Waals surface area contributed by atoms with E-state index in [1.807, 2.05) is 24.6 Å². The van der Waals surface area contributed by atoms with Crippen molar-refractivity contribution in [2.75, 3.05) is 0 Å². The van der Waals surface area contributed by atoms with Gasteiger partial charge >= 0.3 is 16.8 Å². The monoisotopic (exact) mass is 547 g/mol. The fraction of sp³-hybridized carbons (Fsp3) is 0.269. The SMILES string of the molecule is Cc1cc(C=Nc2c(C)cc(C)cc2C)nc(C=Nc2c(C)cc(C)cc2C)c1.[Cl-].[Cl-].[Cl-].[Co+3]. The maximum absolute atomic E-state index is 4.72. The molecule has 3 rings (SSSR count). The molecule has 0 amide bonds. The van der Waals surface area contributed by atoms with Crippen molar-refractivity contribution in [3.05, 3.63) is 86.7 Å². The van der Waals surface area contributed by atoms with Crippen molar-refractivity contribution >= 4 is 23.8 Å². The van der Waals surface area contributed by atoms with Gasteiger partial charge in [0, 0.05) is 0 Å². The Kier molecular flexibility index (Phi) is 14.8. The van der Waals surface area contributed by atoms with Crippen molar-refractivity contribution in [1.82, 2.24) is 4.98 Å². The van der Waals surface area contributed by atoms with Crippen LogP contribution in [0.4, 0.5) is 11.4 Å². The molecule has 33 heavy (non-hydrogen) atoms. The van der Waals surface area contributed by atoms with Gasteiger partial charge in [0.1, 0.15) is 0 Å². The molecule has 0 saturated carbocycles. The molecule has 0 unspecified atom stereocenters. The Morgan fingerprint density at radius 1 is 0.515 bits per heavy atom. The summed E-state index contributed by atoms with van der Waals surface area (Å²) >= 11 is 0. The van der Waals surface area contributed by atoms with Gasteiger partial charge in [-0.05, 0) is 88.4 Å². The van der Waals surface area contributed by atoms with Gasteiger partial charge in [0.2, 0.25) is 0 Å². The summed E-state index contributed by atoms with van der Waals surface area (Å²) in [7, 11) is 0. The van der Waals surface area contributed by atoms with E-state index in [1.165, 1.54) is 33.4 Å². The second kappa shape index (κ2) is 14.5. The summed E-state index contributed by atoms with van der Waals surface area (Å²) in [6, 6.07) is 12.7. The molecule has 0 saturated heterocycles. The van der Waals surface area contributed by atoms with E-state index in [0.717, 1.165) is 28.3 Å². The molecule has 3 nitrogen and oxygen atoms in total. The number of aryl methyl sites for hydroxylation is 7. The molecule has 2 aromatic carbocycles. The zero-order chi connectivity index (χ0) is 21.1. The van der Waals surface area contributed by atoms with Crippen LogP contribution in [-0.2, 0) is 16.8 Å². The molecule has 1 heterocycles. The van der Waals surface area contributed by atoms with Gasteiger partial charge in [-0.1, -0.05) is 35.4 Å². The molecule has 0 atom stereocenters. The molecular weight excluding hydrogens is 520 g/mol. The van der Waals surface area contributed by atoms with Crippen LogP contribution >= 0.6 is 0 Å². The van der Waals surface area contributed by atoms with Gasteiger partial charge in [-0.2, -0.15) is 0 Å². The fourth-order valence-corrected chi connectivity index (χ4v) is 3.87. The zero-order valence-corrected chi connectivity index (χ0v) is 23.2. The Hall–Kier alpha value is -1.69. The molecule has 7 heteroatoms. The van der Waals surface area contributed by atoms with Crippen LogP contribution in [0.5, 0.6) is 0 Å². The number of rotatable bonds is 4. The molecule has 1 aromatic heterocycles. The molecule has 0 spiro atoms. The largest absolute Gasteiger partial charge is 3.00 e. The summed E-state index contributed by atoms with van der Waals surface area (Å²) in [6.07, 6.45) is 3.69. The second-order valence-electron chi connectivity index (χ2n) is 8.01. The molecule has 0 aliphatic heterocycles. The standard InChI is InChI=1S/C26H29N3.3ClH.Co/c1-16-8-19(4)25(20(5)9-16)27-14-23-12-18(3)13-24(29-23)15-28-26-21(6)10-17(2)11-22(26)7;;;;/h8-15H,1-7H3;3*1H;/q;;;;+3/p-3. The average molecular weight is 549 g/mol. The van der Waals surface area contributed by atoms with Gasteiger partial charge in [0.15, 0.2) is 0 Å². The van der Waals surface area contributed by atoms with Crippen LogP contribution in [-0.4, -0.2) is 17.4 Å². The first-order valence-corrected chi connectivity index (χ1v) is 9.95. The first-order chi connectivity index (χ1) is 13.7. The number of halogens is 3. The number of nitrogens with zero attached hydrogens (tertiary/aromatic N) is 3.